The van der Waals surface area contributed by atoms with Gasteiger partial charge in [-0.05, 0) is 60.3 Å². The lowest BCUT2D eigenvalue weighted by atomic mass is 10.0. The molecule has 1 aliphatic heterocycles. The zero-order valence-electron chi connectivity index (χ0n) is 16.0. The molecule has 2 rings (SSSR count). The largest absolute Gasteiger partial charge is 0.384 e. The van der Waals surface area contributed by atoms with E-state index in [0.29, 0.717) is 11.3 Å². The molecule has 0 radical (unpaired) electrons. The molecule has 26 heavy (non-hydrogen) atoms. The summed E-state index contributed by atoms with van der Waals surface area (Å²) >= 11 is 3.62. The summed E-state index contributed by atoms with van der Waals surface area (Å²) in [5.74, 6) is 0.0265. The van der Waals surface area contributed by atoms with Gasteiger partial charge in [0, 0.05) is 61.5 Å². The third kappa shape index (κ3) is 5.61. The van der Waals surface area contributed by atoms with Crippen LogP contribution in [0.3, 0.4) is 0 Å². The van der Waals surface area contributed by atoms with Gasteiger partial charge in [0.25, 0.3) is 0 Å². The fourth-order valence-corrected chi connectivity index (χ4v) is 3.28. The van der Waals surface area contributed by atoms with Gasteiger partial charge in [-0.3, -0.25) is 4.79 Å². The van der Waals surface area contributed by atoms with Gasteiger partial charge in [-0.25, -0.2) is 0 Å². The van der Waals surface area contributed by atoms with Crippen molar-refractivity contribution in [3.05, 3.63) is 45.7 Å². The molecular formula is C20H28BrN3O2. The Bertz CT molecular complexity index is 711. The maximum Gasteiger partial charge on any atom is 0.206 e. The topological polar surface area (TPSA) is 53.6 Å². The van der Waals surface area contributed by atoms with Crippen molar-refractivity contribution in [1.82, 2.24) is 4.90 Å². The number of Topliss-reactive ketones (excluding diaryl/α,β-unsaturated/α-hetero) is 1. The van der Waals surface area contributed by atoms with Crippen LogP contribution in [0, 0.1) is 0 Å². The predicted molar refractivity (Wildman–Crippen MR) is 112 cm³/mol. The molecule has 0 amide bonds. The number of allylic oxidation sites excluding steroid dienone is 2. The number of hydrogen-bond donors (Lipinski definition) is 2. The first-order valence-corrected chi connectivity index (χ1v) is 9.72. The van der Waals surface area contributed by atoms with Crippen molar-refractivity contribution < 1.29 is 9.53 Å². The summed E-state index contributed by atoms with van der Waals surface area (Å²) in [6, 6.07) is 4.17. The van der Waals surface area contributed by atoms with E-state index in [0.717, 1.165) is 48.4 Å². The molecular weight excluding hydrogens is 394 g/mol. The number of hydrogen-bond acceptors (Lipinski definition) is 5. The molecule has 0 fully saturated rings. The maximum atomic E-state index is 12.6. The molecule has 142 valence electrons. The van der Waals surface area contributed by atoms with Crippen LogP contribution in [-0.4, -0.2) is 44.5 Å². The van der Waals surface area contributed by atoms with E-state index in [4.69, 9.17) is 4.74 Å². The molecule has 0 spiro atoms. The third-order valence-electron chi connectivity index (χ3n) is 4.03. The van der Waals surface area contributed by atoms with Gasteiger partial charge < -0.3 is 20.3 Å². The molecule has 1 aromatic rings. The molecule has 2 N–H and O–H groups in total. The predicted octanol–water partition coefficient (Wildman–Crippen LogP) is 4.17. The van der Waals surface area contributed by atoms with Crippen molar-refractivity contribution in [2.75, 3.05) is 44.5 Å². The Morgan fingerprint density at radius 2 is 2.19 bits per heavy atom. The van der Waals surface area contributed by atoms with Crippen molar-refractivity contribution >= 4 is 33.1 Å². The third-order valence-corrected chi connectivity index (χ3v) is 4.68. The Hall–Kier alpha value is -1.79. The van der Waals surface area contributed by atoms with Gasteiger partial charge >= 0.3 is 0 Å². The molecule has 1 aliphatic rings. The average Bonchev–Trinajstić information content (AvgIpc) is 2.60. The number of ether oxygens (including phenoxy) is 1. The number of anilines is 2. The van der Waals surface area contributed by atoms with E-state index in [1.165, 1.54) is 5.56 Å². The van der Waals surface area contributed by atoms with Gasteiger partial charge in [0.05, 0.1) is 5.70 Å². The van der Waals surface area contributed by atoms with E-state index in [9.17, 15) is 4.79 Å². The summed E-state index contributed by atoms with van der Waals surface area (Å²) < 4.78 is 6.34. The van der Waals surface area contributed by atoms with E-state index in [-0.39, 0.29) is 5.78 Å². The highest BCUT2D eigenvalue weighted by molar-refractivity contribution is 9.10. The molecule has 0 saturated heterocycles. The van der Waals surface area contributed by atoms with Crippen LogP contribution in [0.15, 0.2) is 40.2 Å². The second-order valence-corrected chi connectivity index (χ2v) is 7.37. The van der Waals surface area contributed by atoms with Crippen LogP contribution in [0.4, 0.5) is 11.4 Å². The lowest BCUT2D eigenvalue weighted by Gasteiger charge is -2.21. The molecule has 6 heteroatoms. The van der Waals surface area contributed by atoms with Crippen LogP contribution in [0.5, 0.6) is 0 Å². The Kier molecular flexibility index (Phi) is 7.72. The van der Waals surface area contributed by atoms with E-state index in [1.54, 1.807) is 0 Å². The lowest BCUT2D eigenvalue weighted by Crippen LogP contribution is -2.18. The molecule has 5 nitrogen and oxygen atoms in total. The first kappa shape index (κ1) is 20.5. The van der Waals surface area contributed by atoms with Gasteiger partial charge in [0.2, 0.25) is 5.78 Å². The summed E-state index contributed by atoms with van der Waals surface area (Å²) in [6.07, 6.45) is 5.50. The number of fused-ring (bicyclic) bond motifs is 1. The van der Waals surface area contributed by atoms with Crippen LogP contribution in [0.25, 0.3) is 0 Å². The quantitative estimate of drug-likeness (QED) is 0.462. The summed E-state index contributed by atoms with van der Waals surface area (Å²) in [5.41, 5.74) is 4.56. The second-order valence-electron chi connectivity index (χ2n) is 6.52. The van der Waals surface area contributed by atoms with E-state index < -0.39 is 0 Å². The van der Waals surface area contributed by atoms with Crippen LogP contribution in [0.2, 0.25) is 0 Å². The van der Waals surface area contributed by atoms with Crippen molar-refractivity contribution in [2.24, 2.45) is 0 Å². The number of ketones is 1. The number of benzene rings is 1. The molecule has 1 heterocycles. The maximum absolute atomic E-state index is 12.6. The highest BCUT2D eigenvalue weighted by Gasteiger charge is 2.19. The Morgan fingerprint density at radius 3 is 2.88 bits per heavy atom. The Morgan fingerprint density at radius 1 is 1.42 bits per heavy atom. The van der Waals surface area contributed by atoms with Crippen LogP contribution in [0.1, 0.15) is 25.8 Å². The summed E-state index contributed by atoms with van der Waals surface area (Å²) in [7, 11) is 3.82. The van der Waals surface area contributed by atoms with E-state index in [2.05, 4.69) is 32.6 Å². The Balaban J connectivity index is 2.04. The summed E-state index contributed by atoms with van der Waals surface area (Å²) in [5, 5.41) is 6.72. The standard InChI is InChI=1S/C20H28BrN3O2/c1-5-26-10-6-9-22-19-11-15-7-8-17(23-18(15)12-16(19)21)20(25)14(2)13-24(3)4/h8,11-13,22-23H,5-7,9-10H2,1-4H3/b14-13+. The second kappa shape index (κ2) is 9.78. The lowest BCUT2D eigenvalue weighted by molar-refractivity contribution is -0.112. The number of rotatable bonds is 9. The van der Waals surface area contributed by atoms with Crippen molar-refractivity contribution in [1.29, 1.82) is 0 Å². The monoisotopic (exact) mass is 421 g/mol. The van der Waals surface area contributed by atoms with Gasteiger partial charge in [0.15, 0.2) is 0 Å². The van der Waals surface area contributed by atoms with E-state index in [1.807, 2.05) is 51.2 Å². The minimum absolute atomic E-state index is 0.0265. The SMILES string of the molecule is CCOCCCNc1cc2c(cc1Br)NC(C(=O)/C(C)=C/N(C)C)=CC2. The fraction of sp³-hybridized carbons (Fsp3) is 0.450. The fourth-order valence-electron chi connectivity index (χ4n) is 2.80. The van der Waals surface area contributed by atoms with Crippen LogP contribution in [-0.2, 0) is 16.0 Å². The number of carbonyl (C=O) groups excluding carboxylic acids is 1. The molecule has 0 unspecified atom stereocenters. The number of nitrogens with zero attached hydrogens (tertiary/aromatic N) is 1. The van der Waals surface area contributed by atoms with Crippen molar-refractivity contribution in [3.63, 3.8) is 0 Å². The zero-order valence-corrected chi connectivity index (χ0v) is 17.6. The zero-order chi connectivity index (χ0) is 19.1. The molecule has 0 bridgehead atoms. The van der Waals surface area contributed by atoms with Crippen LogP contribution < -0.4 is 10.6 Å². The number of carbonyl (C=O) groups is 1. The van der Waals surface area contributed by atoms with Gasteiger partial charge in [0.1, 0.15) is 0 Å². The molecule has 0 atom stereocenters. The molecule has 0 saturated carbocycles. The number of halogens is 1. The number of nitrogens with one attached hydrogen (secondary N) is 2. The molecule has 0 aliphatic carbocycles. The smallest absolute Gasteiger partial charge is 0.206 e. The van der Waals surface area contributed by atoms with Crippen LogP contribution >= 0.6 is 15.9 Å². The Labute approximate surface area is 164 Å². The van der Waals surface area contributed by atoms with Crippen molar-refractivity contribution in [2.45, 2.75) is 26.7 Å². The summed E-state index contributed by atoms with van der Waals surface area (Å²) in [6.45, 7) is 6.22. The highest BCUT2D eigenvalue weighted by atomic mass is 79.9. The van der Waals surface area contributed by atoms with Gasteiger partial charge in [-0.15, -0.1) is 0 Å². The minimum atomic E-state index is 0.0265. The summed E-state index contributed by atoms with van der Waals surface area (Å²) in [4.78, 5) is 14.4. The molecule has 0 aromatic heterocycles. The van der Waals surface area contributed by atoms with Gasteiger partial charge in [-0.2, -0.15) is 0 Å². The first-order valence-electron chi connectivity index (χ1n) is 8.93. The highest BCUT2D eigenvalue weighted by Crippen LogP contribution is 2.33. The molecule has 1 aromatic carbocycles. The average molecular weight is 422 g/mol. The van der Waals surface area contributed by atoms with E-state index >= 15 is 0 Å². The van der Waals surface area contributed by atoms with Gasteiger partial charge in [-0.1, -0.05) is 6.08 Å². The van der Waals surface area contributed by atoms with Crippen molar-refractivity contribution in [3.8, 4) is 0 Å². The normalized spacial score (nSPS) is 13.6. The minimum Gasteiger partial charge on any atom is -0.384 e. The first-order chi connectivity index (χ1) is 12.4.